The largest absolute Gasteiger partial charge is 0.368 e. The highest BCUT2D eigenvalue weighted by atomic mass is 35.5. The maximum atomic E-state index is 12.7. The first-order chi connectivity index (χ1) is 15.8. The van der Waals surface area contributed by atoms with Crippen LogP contribution in [0.15, 0.2) is 57.9 Å². The normalized spacial score (nSPS) is 14.5. The summed E-state index contributed by atoms with van der Waals surface area (Å²) in [7, 11) is -3.56. The van der Waals surface area contributed by atoms with Crippen LogP contribution in [0.4, 0.5) is 5.69 Å². The number of piperazine rings is 1. The summed E-state index contributed by atoms with van der Waals surface area (Å²) in [6.07, 6.45) is 0.494. The van der Waals surface area contributed by atoms with E-state index < -0.39 is 9.84 Å². The van der Waals surface area contributed by atoms with Crippen molar-refractivity contribution in [1.82, 2.24) is 15.0 Å². The smallest absolute Gasteiger partial charge is 0.227 e. The van der Waals surface area contributed by atoms with Crippen molar-refractivity contribution in [2.75, 3.05) is 31.1 Å². The molecule has 10 heteroatoms. The van der Waals surface area contributed by atoms with Crippen molar-refractivity contribution in [1.29, 1.82) is 0 Å². The lowest BCUT2D eigenvalue weighted by Crippen LogP contribution is -2.49. The van der Waals surface area contributed by atoms with Crippen LogP contribution in [0.5, 0.6) is 0 Å². The Morgan fingerprint density at radius 1 is 1.09 bits per heavy atom. The number of benzene rings is 2. The predicted octanol–water partition coefficient (Wildman–Crippen LogP) is 3.29. The predicted molar refractivity (Wildman–Crippen MR) is 125 cm³/mol. The van der Waals surface area contributed by atoms with Gasteiger partial charge in [0.05, 0.1) is 4.90 Å². The third kappa shape index (κ3) is 5.72. The van der Waals surface area contributed by atoms with Crippen LogP contribution < -0.4 is 4.90 Å². The molecule has 1 fully saturated rings. The second kappa shape index (κ2) is 9.93. The van der Waals surface area contributed by atoms with Gasteiger partial charge in [0.15, 0.2) is 15.7 Å². The lowest BCUT2D eigenvalue weighted by Gasteiger charge is -2.37. The van der Waals surface area contributed by atoms with Crippen LogP contribution in [0.2, 0.25) is 5.02 Å². The van der Waals surface area contributed by atoms with Gasteiger partial charge >= 0.3 is 0 Å². The zero-order valence-electron chi connectivity index (χ0n) is 18.3. The first-order valence-corrected chi connectivity index (χ1v) is 12.7. The van der Waals surface area contributed by atoms with Crippen LogP contribution >= 0.6 is 11.6 Å². The molecular formula is C23H25ClN4O4S. The van der Waals surface area contributed by atoms with Gasteiger partial charge in [0.1, 0.15) is 5.75 Å². The third-order valence-corrected chi connectivity index (χ3v) is 7.49. The molecule has 1 aromatic heterocycles. The van der Waals surface area contributed by atoms with Crippen molar-refractivity contribution in [2.24, 2.45) is 0 Å². The first kappa shape index (κ1) is 23.3. The van der Waals surface area contributed by atoms with Crippen LogP contribution in [0.25, 0.3) is 0 Å². The Labute approximate surface area is 198 Å². The van der Waals surface area contributed by atoms with Crippen molar-refractivity contribution >= 4 is 33.0 Å². The molecule has 33 heavy (non-hydrogen) atoms. The summed E-state index contributed by atoms with van der Waals surface area (Å²) in [5, 5.41) is 4.47. The molecule has 0 atom stereocenters. The fraction of sp³-hybridized carbons (Fsp3) is 0.348. The van der Waals surface area contributed by atoms with Gasteiger partial charge in [0.25, 0.3) is 0 Å². The number of aryl methyl sites for hydroxylation is 2. The molecule has 1 aliphatic rings. The molecular weight excluding hydrogens is 464 g/mol. The maximum absolute atomic E-state index is 12.7. The highest BCUT2D eigenvalue weighted by Gasteiger charge is 2.23. The molecule has 2 aromatic carbocycles. The van der Waals surface area contributed by atoms with E-state index in [0.717, 1.165) is 24.3 Å². The fourth-order valence-electron chi connectivity index (χ4n) is 3.82. The van der Waals surface area contributed by atoms with Crippen molar-refractivity contribution in [2.45, 2.75) is 30.4 Å². The Balaban J connectivity index is 1.28. The molecule has 0 N–H and O–H groups in total. The van der Waals surface area contributed by atoms with Gasteiger partial charge in [-0.15, -0.1) is 0 Å². The number of anilines is 1. The molecule has 3 aromatic rings. The van der Waals surface area contributed by atoms with Gasteiger partial charge < -0.3 is 14.3 Å². The summed E-state index contributed by atoms with van der Waals surface area (Å²) in [5.74, 6) is 0.00928. The van der Waals surface area contributed by atoms with Gasteiger partial charge in [-0.3, -0.25) is 4.79 Å². The van der Waals surface area contributed by atoms with Crippen LogP contribution in [0, 0.1) is 6.92 Å². The summed E-state index contributed by atoms with van der Waals surface area (Å²) in [6.45, 7) is 4.75. The maximum Gasteiger partial charge on any atom is 0.227 e. The van der Waals surface area contributed by atoms with E-state index in [1.807, 2.05) is 30.0 Å². The van der Waals surface area contributed by atoms with Crippen molar-refractivity contribution in [3.8, 4) is 0 Å². The van der Waals surface area contributed by atoms with Gasteiger partial charge in [0.2, 0.25) is 11.8 Å². The van der Waals surface area contributed by atoms with E-state index in [9.17, 15) is 13.2 Å². The van der Waals surface area contributed by atoms with Crippen molar-refractivity contribution < 1.29 is 17.7 Å². The molecule has 0 spiro atoms. The Morgan fingerprint density at radius 2 is 1.82 bits per heavy atom. The molecule has 0 radical (unpaired) electrons. The lowest BCUT2D eigenvalue weighted by molar-refractivity contribution is -0.131. The molecule has 174 valence electrons. The first-order valence-electron chi connectivity index (χ1n) is 10.7. The van der Waals surface area contributed by atoms with Gasteiger partial charge in [0, 0.05) is 49.7 Å². The van der Waals surface area contributed by atoms with Gasteiger partial charge in [-0.2, -0.15) is 4.98 Å². The van der Waals surface area contributed by atoms with E-state index in [0.29, 0.717) is 18.1 Å². The summed E-state index contributed by atoms with van der Waals surface area (Å²) < 4.78 is 30.1. The average Bonchev–Trinajstić information content (AvgIpc) is 3.26. The Bertz CT molecular complexity index is 1220. The highest BCUT2D eigenvalue weighted by molar-refractivity contribution is 7.90. The molecule has 2 heterocycles. The third-order valence-electron chi connectivity index (χ3n) is 5.63. The number of nitrogens with zero attached hydrogens (tertiary/aromatic N) is 4. The summed E-state index contributed by atoms with van der Waals surface area (Å²) in [4.78, 5) is 21.1. The van der Waals surface area contributed by atoms with E-state index in [2.05, 4.69) is 15.0 Å². The minimum Gasteiger partial charge on any atom is -0.368 e. The minimum absolute atomic E-state index is 0.00845. The summed E-state index contributed by atoms with van der Waals surface area (Å²) >= 11 is 6.14. The number of sulfone groups is 1. The van der Waals surface area contributed by atoms with Crippen molar-refractivity contribution in [3.05, 3.63) is 70.8 Å². The molecule has 8 nitrogen and oxygen atoms in total. The Kier molecular flexibility index (Phi) is 6.99. The van der Waals surface area contributed by atoms with Crippen LogP contribution in [0.3, 0.4) is 0 Å². The Morgan fingerprint density at radius 3 is 2.55 bits per heavy atom. The molecule has 1 aliphatic heterocycles. The van der Waals surface area contributed by atoms with Crippen LogP contribution in [-0.4, -0.2) is 55.5 Å². The molecule has 0 saturated carbocycles. The lowest BCUT2D eigenvalue weighted by atomic mass is 10.1. The van der Waals surface area contributed by atoms with E-state index in [4.69, 9.17) is 16.1 Å². The van der Waals surface area contributed by atoms with Gasteiger partial charge in [-0.05, 0) is 36.8 Å². The molecule has 1 saturated heterocycles. The number of aromatic nitrogens is 2. The van der Waals surface area contributed by atoms with E-state index >= 15 is 0 Å². The standard InChI is InChI=1S/C23H25ClN4O4S/c1-17-7-8-18(24)15-20(17)27-11-13-28(14-12-27)23(29)10-9-22-25-21(26-32-22)16-33(30,31)19-5-3-2-4-6-19/h2-8,15H,9-14,16H2,1H3. The van der Waals surface area contributed by atoms with Gasteiger partial charge in [-0.1, -0.05) is 41.0 Å². The van der Waals surface area contributed by atoms with E-state index in [1.165, 1.54) is 12.1 Å². The molecule has 0 bridgehead atoms. The summed E-state index contributed by atoms with van der Waals surface area (Å²) in [6, 6.07) is 14.0. The molecule has 0 aliphatic carbocycles. The second-order valence-corrected chi connectivity index (χ2v) is 10.4. The molecule has 1 amide bonds. The Hall–Kier alpha value is -2.91. The van der Waals surface area contributed by atoms with Crippen LogP contribution in [-0.2, 0) is 26.8 Å². The van der Waals surface area contributed by atoms with Crippen LogP contribution in [0.1, 0.15) is 23.7 Å². The second-order valence-electron chi connectivity index (χ2n) is 7.98. The SMILES string of the molecule is Cc1ccc(Cl)cc1N1CCN(C(=O)CCc2nc(CS(=O)(=O)c3ccccc3)no2)CC1. The topological polar surface area (TPSA) is 96.6 Å². The van der Waals surface area contributed by atoms with Crippen molar-refractivity contribution in [3.63, 3.8) is 0 Å². The highest BCUT2D eigenvalue weighted by Crippen LogP contribution is 2.25. The fourth-order valence-corrected chi connectivity index (χ4v) is 5.19. The molecule has 4 rings (SSSR count). The number of amides is 1. The zero-order valence-corrected chi connectivity index (χ0v) is 19.8. The molecule has 0 unspecified atom stereocenters. The van der Waals surface area contributed by atoms with E-state index in [-0.39, 0.29) is 41.1 Å². The number of rotatable bonds is 7. The average molecular weight is 489 g/mol. The number of hydrogen-bond acceptors (Lipinski definition) is 7. The zero-order chi connectivity index (χ0) is 23.4. The minimum atomic E-state index is -3.56. The number of halogens is 1. The van der Waals surface area contributed by atoms with Gasteiger partial charge in [-0.25, -0.2) is 8.42 Å². The summed E-state index contributed by atoms with van der Waals surface area (Å²) in [5.41, 5.74) is 2.25. The van der Waals surface area contributed by atoms with E-state index in [1.54, 1.807) is 18.2 Å². The number of carbonyl (C=O) groups excluding carboxylic acids is 1. The monoisotopic (exact) mass is 488 g/mol. The number of hydrogen-bond donors (Lipinski definition) is 0. The number of carbonyl (C=O) groups is 1. The quantitative estimate of drug-likeness (QED) is 0.503.